The number of ether oxygens (including phenoxy) is 7. The fraction of sp³-hybridized carbons (Fsp3) is 0.550. The van der Waals surface area contributed by atoms with Crippen molar-refractivity contribution < 1.29 is 33.2 Å². The molecular formula is C40H54O7. The largest absolute Gasteiger partial charge is 0.377 e. The van der Waals surface area contributed by atoms with Crippen molar-refractivity contribution in [3.05, 3.63) is 94.5 Å². The Kier molecular flexibility index (Phi) is 12.3. The summed E-state index contributed by atoms with van der Waals surface area (Å²) in [6, 6.07) is 24.4. The first-order valence-electron chi connectivity index (χ1n) is 17.2. The maximum Gasteiger partial charge on any atom is 0.182 e. The highest BCUT2D eigenvalue weighted by molar-refractivity contribution is 5.83. The summed E-state index contributed by atoms with van der Waals surface area (Å²) < 4.78 is 42.8. The van der Waals surface area contributed by atoms with Gasteiger partial charge in [0.1, 0.15) is 5.60 Å². The molecule has 0 aromatic heterocycles. The minimum atomic E-state index is -0.930. The lowest BCUT2D eigenvalue weighted by atomic mass is 9.77. The Labute approximate surface area is 281 Å². The third-order valence-electron chi connectivity index (χ3n) is 9.38. The van der Waals surface area contributed by atoms with Gasteiger partial charge in [-0.3, -0.25) is 0 Å². The second-order valence-corrected chi connectivity index (χ2v) is 14.0. The first kappa shape index (κ1) is 35.7. The number of fused-ring (bicyclic) bond motifs is 3. The molecule has 7 nitrogen and oxygen atoms in total. The average Bonchev–Trinajstić information content (AvgIpc) is 3.34. The molecule has 0 N–H and O–H groups in total. The molecule has 3 aromatic rings. The molecule has 3 aromatic carbocycles. The molecule has 256 valence electrons. The van der Waals surface area contributed by atoms with Gasteiger partial charge in [0.2, 0.25) is 0 Å². The predicted octanol–water partition coefficient (Wildman–Crippen LogP) is 7.40. The summed E-state index contributed by atoms with van der Waals surface area (Å²) in [6.07, 6.45) is 0.336. The van der Waals surface area contributed by atoms with Crippen LogP contribution in [0.25, 0.3) is 11.1 Å². The van der Waals surface area contributed by atoms with Gasteiger partial charge in [0, 0.05) is 11.1 Å². The van der Waals surface area contributed by atoms with Crippen LogP contribution in [-0.4, -0.2) is 79.0 Å². The summed E-state index contributed by atoms with van der Waals surface area (Å²) in [5, 5.41) is 0. The molecule has 5 rings (SSSR count). The lowest BCUT2D eigenvalue weighted by Crippen LogP contribution is -2.39. The summed E-state index contributed by atoms with van der Waals surface area (Å²) in [6.45, 7) is 18.6. The Morgan fingerprint density at radius 3 is 1.64 bits per heavy atom. The molecule has 1 aliphatic heterocycles. The Morgan fingerprint density at radius 1 is 0.617 bits per heavy atom. The average molecular weight is 647 g/mol. The molecule has 2 atom stereocenters. The second kappa shape index (κ2) is 16.2. The molecule has 0 radical (unpaired) electrons. The molecule has 0 saturated carbocycles. The first-order valence-corrected chi connectivity index (χ1v) is 17.2. The van der Waals surface area contributed by atoms with Gasteiger partial charge in [-0.25, -0.2) is 0 Å². The van der Waals surface area contributed by atoms with E-state index in [2.05, 4.69) is 108 Å². The summed E-state index contributed by atoms with van der Waals surface area (Å²) >= 11 is 0. The SMILES string of the molecule is CCC(C)(C)c1ccc2c(c1)C(OC1COCCOCCOCCOCCOCCO1)(c1ccccc1)c1cc(C(C)(C)C)ccc1-2. The van der Waals surface area contributed by atoms with E-state index in [1.165, 1.54) is 22.3 Å². The van der Waals surface area contributed by atoms with E-state index >= 15 is 0 Å². The van der Waals surface area contributed by atoms with Crippen molar-refractivity contribution in [2.24, 2.45) is 0 Å². The third kappa shape index (κ3) is 8.52. The van der Waals surface area contributed by atoms with Gasteiger partial charge in [-0.1, -0.05) is 108 Å². The van der Waals surface area contributed by atoms with Crippen LogP contribution in [0.15, 0.2) is 66.7 Å². The lowest BCUT2D eigenvalue weighted by Gasteiger charge is -2.37. The van der Waals surface area contributed by atoms with Crippen molar-refractivity contribution in [3.8, 4) is 11.1 Å². The molecule has 1 saturated heterocycles. The van der Waals surface area contributed by atoms with Crippen molar-refractivity contribution in [2.75, 3.05) is 72.7 Å². The molecule has 1 aliphatic carbocycles. The molecule has 0 bridgehead atoms. The molecule has 0 amide bonds. The summed E-state index contributed by atoms with van der Waals surface area (Å²) in [5.74, 6) is 0. The van der Waals surface area contributed by atoms with E-state index in [0.29, 0.717) is 66.1 Å². The maximum atomic E-state index is 7.40. The Bertz CT molecular complexity index is 1400. The molecule has 2 unspecified atom stereocenters. The van der Waals surface area contributed by atoms with Crippen LogP contribution in [0, 0.1) is 0 Å². The lowest BCUT2D eigenvalue weighted by molar-refractivity contribution is -0.217. The Morgan fingerprint density at radius 2 is 1.11 bits per heavy atom. The number of benzene rings is 3. The van der Waals surface area contributed by atoms with Gasteiger partial charge in [0.05, 0.1) is 72.7 Å². The number of rotatable bonds is 5. The van der Waals surface area contributed by atoms with E-state index in [-0.39, 0.29) is 17.4 Å². The molecule has 0 spiro atoms. The van der Waals surface area contributed by atoms with Crippen molar-refractivity contribution in [1.29, 1.82) is 0 Å². The van der Waals surface area contributed by atoms with Crippen LogP contribution in [0.4, 0.5) is 0 Å². The highest BCUT2D eigenvalue weighted by atomic mass is 16.7. The van der Waals surface area contributed by atoms with Gasteiger partial charge in [-0.05, 0) is 45.1 Å². The Balaban J connectivity index is 1.57. The van der Waals surface area contributed by atoms with Crippen molar-refractivity contribution in [3.63, 3.8) is 0 Å². The second-order valence-electron chi connectivity index (χ2n) is 14.0. The van der Waals surface area contributed by atoms with Crippen molar-refractivity contribution in [2.45, 2.75) is 70.7 Å². The normalized spacial score (nSPS) is 22.6. The molecule has 1 fully saturated rings. The molecule has 2 aliphatic rings. The van der Waals surface area contributed by atoms with Gasteiger partial charge < -0.3 is 33.2 Å². The van der Waals surface area contributed by atoms with E-state index in [1.807, 2.05) is 0 Å². The smallest absolute Gasteiger partial charge is 0.182 e. The molecule has 1 heterocycles. The van der Waals surface area contributed by atoms with Crippen LogP contribution >= 0.6 is 0 Å². The van der Waals surface area contributed by atoms with Crippen LogP contribution in [0.3, 0.4) is 0 Å². The molecule has 47 heavy (non-hydrogen) atoms. The third-order valence-corrected chi connectivity index (χ3v) is 9.38. The highest BCUT2D eigenvalue weighted by Gasteiger charge is 2.48. The van der Waals surface area contributed by atoms with Gasteiger partial charge in [-0.2, -0.15) is 0 Å². The summed E-state index contributed by atoms with van der Waals surface area (Å²) in [5.41, 5.74) is 7.21. The zero-order chi connectivity index (χ0) is 33.3. The zero-order valence-electron chi connectivity index (χ0n) is 29.3. The first-order chi connectivity index (χ1) is 22.7. The fourth-order valence-electron chi connectivity index (χ4n) is 6.17. The summed E-state index contributed by atoms with van der Waals surface area (Å²) in [4.78, 5) is 0. The van der Waals surface area contributed by atoms with Crippen LogP contribution in [0.5, 0.6) is 0 Å². The number of hydrogen-bond acceptors (Lipinski definition) is 7. The van der Waals surface area contributed by atoms with Crippen molar-refractivity contribution >= 4 is 0 Å². The highest BCUT2D eigenvalue weighted by Crippen LogP contribution is 2.55. The van der Waals surface area contributed by atoms with E-state index in [1.54, 1.807) is 0 Å². The Hall–Kier alpha value is -2.62. The summed E-state index contributed by atoms with van der Waals surface area (Å²) in [7, 11) is 0. The maximum absolute atomic E-state index is 7.40. The van der Waals surface area contributed by atoms with Gasteiger partial charge in [-0.15, -0.1) is 0 Å². The molecule has 7 heteroatoms. The zero-order valence-corrected chi connectivity index (χ0v) is 29.3. The predicted molar refractivity (Wildman–Crippen MR) is 185 cm³/mol. The van der Waals surface area contributed by atoms with Gasteiger partial charge in [0.15, 0.2) is 6.29 Å². The van der Waals surface area contributed by atoms with Gasteiger partial charge in [0.25, 0.3) is 0 Å². The molecular weight excluding hydrogens is 592 g/mol. The van der Waals surface area contributed by atoms with Crippen molar-refractivity contribution in [1.82, 2.24) is 0 Å². The van der Waals surface area contributed by atoms with Crippen LogP contribution < -0.4 is 0 Å². The van der Waals surface area contributed by atoms with Crippen LogP contribution in [0.1, 0.15) is 75.8 Å². The van der Waals surface area contributed by atoms with E-state index < -0.39 is 11.9 Å². The quantitative estimate of drug-likeness (QED) is 0.286. The van der Waals surface area contributed by atoms with Crippen LogP contribution in [0.2, 0.25) is 0 Å². The minimum absolute atomic E-state index is 0.00557. The van der Waals surface area contributed by atoms with E-state index in [0.717, 1.165) is 23.1 Å². The number of hydrogen-bond donors (Lipinski definition) is 0. The van der Waals surface area contributed by atoms with Gasteiger partial charge >= 0.3 is 0 Å². The topological polar surface area (TPSA) is 64.6 Å². The van der Waals surface area contributed by atoms with E-state index in [4.69, 9.17) is 33.2 Å². The van der Waals surface area contributed by atoms with Crippen LogP contribution in [-0.2, 0) is 49.6 Å². The van der Waals surface area contributed by atoms with E-state index in [9.17, 15) is 0 Å². The monoisotopic (exact) mass is 646 g/mol. The standard InChI is InChI=1S/C40H54O7/c1-7-39(5,6)32-14-16-34-33-15-13-31(38(2,3)4)27-35(33)40(36(34)28-32,30-11-9-8-10-12-30)47-37-29-45-24-23-43-20-19-41-17-18-42-21-22-44-25-26-46-37/h8-16,27-28,37H,7,17-26,29H2,1-6H3. The minimum Gasteiger partial charge on any atom is -0.377 e. The fourth-order valence-corrected chi connectivity index (χ4v) is 6.17.